The van der Waals surface area contributed by atoms with E-state index >= 15 is 0 Å². The number of hydrogen-bond acceptors (Lipinski definition) is 3. The van der Waals surface area contributed by atoms with Gasteiger partial charge in [0.1, 0.15) is 0 Å². The summed E-state index contributed by atoms with van der Waals surface area (Å²) >= 11 is 0. The van der Waals surface area contributed by atoms with E-state index in [1.165, 1.54) is 13.2 Å². The molecular weight excluding hydrogens is 319 g/mol. The molecule has 0 radical (unpaired) electrons. The van der Waals surface area contributed by atoms with Crippen molar-refractivity contribution in [3.05, 3.63) is 58.9 Å². The molecule has 1 amide bonds. The molecule has 0 saturated heterocycles. The Hall–Kier alpha value is -2.40. The molecular formula is C20H25FN2O2. The molecule has 0 bridgehead atoms. The SMILES string of the molecule is CCN(CC(=O)Nc1cc(C)ccc1C)Cc1ccc(OC)c(F)c1. The van der Waals surface area contributed by atoms with Crippen LogP contribution < -0.4 is 10.1 Å². The van der Waals surface area contributed by atoms with Crippen LogP contribution in [0.1, 0.15) is 23.6 Å². The summed E-state index contributed by atoms with van der Waals surface area (Å²) in [6.45, 7) is 7.37. The van der Waals surface area contributed by atoms with E-state index < -0.39 is 5.82 Å². The number of nitrogens with zero attached hydrogens (tertiary/aromatic N) is 1. The normalized spacial score (nSPS) is 10.8. The Morgan fingerprint density at radius 2 is 1.96 bits per heavy atom. The van der Waals surface area contributed by atoms with E-state index in [9.17, 15) is 9.18 Å². The van der Waals surface area contributed by atoms with Gasteiger partial charge in [0.05, 0.1) is 13.7 Å². The van der Waals surface area contributed by atoms with E-state index in [2.05, 4.69) is 5.32 Å². The number of rotatable bonds is 7. The Labute approximate surface area is 148 Å². The van der Waals surface area contributed by atoms with Gasteiger partial charge >= 0.3 is 0 Å². The molecule has 0 unspecified atom stereocenters. The Kier molecular flexibility index (Phi) is 6.53. The zero-order chi connectivity index (χ0) is 18.4. The van der Waals surface area contributed by atoms with Gasteiger partial charge in [-0.1, -0.05) is 25.1 Å². The van der Waals surface area contributed by atoms with Crippen molar-refractivity contribution in [2.24, 2.45) is 0 Å². The number of carbonyl (C=O) groups is 1. The van der Waals surface area contributed by atoms with Gasteiger partial charge in [-0.3, -0.25) is 9.69 Å². The highest BCUT2D eigenvalue weighted by Crippen LogP contribution is 2.19. The summed E-state index contributed by atoms with van der Waals surface area (Å²) < 4.78 is 18.7. The van der Waals surface area contributed by atoms with Crippen LogP contribution in [-0.2, 0) is 11.3 Å². The molecule has 0 heterocycles. The minimum Gasteiger partial charge on any atom is -0.494 e. The smallest absolute Gasteiger partial charge is 0.238 e. The number of ether oxygens (including phenoxy) is 1. The van der Waals surface area contributed by atoms with Crippen molar-refractivity contribution >= 4 is 11.6 Å². The van der Waals surface area contributed by atoms with Crippen LogP contribution in [0.3, 0.4) is 0 Å². The highest BCUT2D eigenvalue weighted by atomic mass is 19.1. The van der Waals surface area contributed by atoms with Crippen LogP contribution >= 0.6 is 0 Å². The fourth-order valence-corrected chi connectivity index (χ4v) is 2.61. The van der Waals surface area contributed by atoms with Gasteiger partial charge in [-0.2, -0.15) is 0 Å². The molecule has 134 valence electrons. The molecule has 0 fully saturated rings. The van der Waals surface area contributed by atoms with Gasteiger partial charge in [0.15, 0.2) is 11.6 Å². The molecule has 0 spiro atoms. The summed E-state index contributed by atoms with van der Waals surface area (Å²) in [6, 6.07) is 10.8. The van der Waals surface area contributed by atoms with Crippen LogP contribution in [0.4, 0.5) is 10.1 Å². The summed E-state index contributed by atoms with van der Waals surface area (Å²) in [6.07, 6.45) is 0. The first kappa shape index (κ1) is 18.9. The first-order valence-corrected chi connectivity index (χ1v) is 8.34. The van der Waals surface area contributed by atoms with Crippen LogP contribution in [0.5, 0.6) is 5.75 Å². The number of nitrogens with one attached hydrogen (secondary N) is 1. The molecule has 25 heavy (non-hydrogen) atoms. The summed E-state index contributed by atoms with van der Waals surface area (Å²) in [4.78, 5) is 14.3. The fraction of sp³-hybridized carbons (Fsp3) is 0.350. The molecule has 0 saturated carbocycles. The number of likely N-dealkylation sites (N-methyl/N-ethyl adjacent to an activating group) is 1. The fourth-order valence-electron chi connectivity index (χ4n) is 2.61. The third-order valence-electron chi connectivity index (χ3n) is 4.10. The molecule has 2 rings (SSSR count). The molecule has 0 aliphatic heterocycles. The van der Waals surface area contributed by atoms with Crippen molar-refractivity contribution in [3.63, 3.8) is 0 Å². The predicted molar refractivity (Wildman–Crippen MR) is 98.4 cm³/mol. The van der Waals surface area contributed by atoms with E-state index in [-0.39, 0.29) is 18.2 Å². The highest BCUT2D eigenvalue weighted by Gasteiger charge is 2.12. The van der Waals surface area contributed by atoms with Crippen molar-refractivity contribution in [3.8, 4) is 5.75 Å². The van der Waals surface area contributed by atoms with E-state index in [1.807, 2.05) is 49.9 Å². The van der Waals surface area contributed by atoms with Gasteiger partial charge in [0.25, 0.3) is 0 Å². The van der Waals surface area contributed by atoms with Crippen LogP contribution in [0.15, 0.2) is 36.4 Å². The van der Waals surface area contributed by atoms with Crippen molar-refractivity contribution in [2.75, 3.05) is 25.5 Å². The molecule has 2 aromatic rings. The summed E-state index contributed by atoms with van der Waals surface area (Å²) in [7, 11) is 1.44. The summed E-state index contributed by atoms with van der Waals surface area (Å²) in [5.74, 6) is -0.250. The molecule has 0 aromatic heterocycles. The second-order valence-electron chi connectivity index (χ2n) is 6.14. The average molecular weight is 344 g/mol. The first-order valence-electron chi connectivity index (χ1n) is 8.34. The lowest BCUT2D eigenvalue weighted by Gasteiger charge is -2.20. The summed E-state index contributed by atoms with van der Waals surface area (Å²) in [5, 5.41) is 2.96. The number of carbonyl (C=O) groups excluding carboxylic acids is 1. The lowest BCUT2D eigenvalue weighted by molar-refractivity contribution is -0.117. The van der Waals surface area contributed by atoms with E-state index in [0.29, 0.717) is 13.1 Å². The largest absolute Gasteiger partial charge is 0.494 e. The van der Waals surface area contributed by atoms with E-state index in [1.54, 1.807) is 6.07 Å². The molecule has 0 atom stereocenters. The van der Waals surface area contributed by atoms with Crippen molar-refractivity contribution in [1.29, 1.82) is 0 Å². The number of aryl methyl sites for hydroxylation is 2. The van der Waals surface area contributed by atoms with Crippen LogP contribution in [-0.4, -0.2) is 31.0 Å². The molecule has 5 heteroatoms. The van der Waals surface area contributed by atoms with Crippen molar-refractivity contribution in [2.45, 2.75) is 27.3 Å². The van der Waals surface area contributed by atoms with Gasteiger partial charge in [-0.25, -0.2) is 4.39 Å². The van der Waals surface area contributed by atoms with Gasteiger partial charge in [-0.05, 0) is 55.3 Å². The maximum atomic E-state index is 13.8. The maximum absolute atomic E-state index is 13.8. The second kappa shape index (κ2) is 8.62. The van der Waals surface area contributed by atoms with Crippen molar-refractivity contribution < 1.29 is 13.9 Å². The van der Waals surface area contributed by atoms with Crippen LogP contribution in [0.2, 0.25) is 0 Å². The van der Waals surface area contributed by atoms with Gasteiger partial charge in [0, 0.05) is 12.2 Å². The zero-order valence-corrected chi connectivity index (χ0v) is 15.2. The lowest BCUT2D eigenvalue weighted by Crippen LogP contribution is -2.33. The Morgan fingerprint density at radius 1 is 1.20 bits per heavy atom. The highest BCUT2D eigenvalue weighted by molar-refractivity contribution is 5.93. The minimum atomic E-state index is -0.393. The van der Waals surface area contributed by atoms with Gasteiger partial charge < -0.3 is 10.1 Å². The minimum absolute atomic E-state index is 0.0791. The lowest BCUT2D eigenvalue weighted by atomic mass is 10.1. The van der Waals surface area contributed by atoms with Crippen LogP contribution in [0, 0.1) is 19.7 Å². The quantitative estimate of drug-likeness (QED) is 0.828. The molecule has 2 aromatic carbocycles. The molecule has 1 N–H and O–H groups in total. The number of methoxy groups -OCH3 is 1. The van der Waals surface area contributed by atoms with E-state index in [0.717, 1.165) is 22.4 Å². The number of anilines is 1. The number of halogens is 1. The summed E-state index contributed by atoms with van der Waals surface area (Å²) in [5.41, 5.74) is 3.76. The Morgan fingerprint density at radius 3 is 2.60 bits per heavy atom. The van der Waals surface area contributed by atoms with Crippen molar-refractivity contribution in [1.82, 2.24) is 4.90 Å². The number of benzene rings is 2. The molecule has 0 aliphatic carbocycles. The van der Waals surface area contributed by atoms with Gasteiger partial charge in [0.2, 0.25) is 5.91 Å². The standard InChI is InChI=1S/C20H25FN2O2/c1-5-23(12-16-8-9-19(25-4)17(21)11-16)13-20(24)22-18-10-14(2)6-7-15(18)3/h6-11H,5,12-13H2,1-4H3,(H,22,24). The predicted octanol–water partition coefficient (Wildman–Crippen LogP) is 3.91. The number of amides is 1. The monoisotopic (exact) mass is 344 g/mol. The van der Waals surface area contributed by atoms with Crippen LogP contribution in [0.25, 0.3) is 0 Å². The number of hydrogen-bond donors (Lipinski definition) is 1. The topological polar surface area (TPSA) is 41.6 Å². The first-order chi connectivity index (χ1) is 11.9. The molecule has 0 aliphatic rings. The Bertz CT molecular complexity index is 746. The third kappa shape index (κ3) is 5.29. The third-order valence-corrected chi connectivity index (χ3v) is 4.10. The zero-order valence-electron chi connectivity index (χ0n) is 15.2. The average Bonchev–Trinajstić information content (AvgIpc) is 2.57. The van der Waals surface area contributed by atoms with Gasteiger partial charge in [-0.15, -0.1) is 0 Å². The second-order valence-corrected chi connectivity index (χ2v) is 6.14. The Balaban J connectivity index is 2.00. The van der Waals surface area contributed by atoms with E-state index in [4.69, 9.17) is 4.74 Å². The molecule has 4 nitrogen and oxygen atoms in total. The maximum Gasteiger partial charge on any atom is 0.238 e.